The van der Waals surface area contributed by atoms with Gasteiger partial charge in [0.05, 0.1) is 19.3 Å². The average molecular weight is 391 g/mol. The summed E-state index contributed by atoms with van der Waals surface area (Å²) in [6.45, 7) is 3.82. The van der Waals surface area contributed by atoms with Crippen LogP contribution in [0, 0.1) is 13.8 Å². The van der Waals surface area contributed by atoms with E-state index < -0.39 is 17.9 Å². The number of nitrogens with one attached hydrogen (secondary N) is 2. The molecule has 0 spiro atoms. The number of carbonyl (C=O) groups is 2. The quantitative estimate of drug-likeness (QED) is 0.634. The Morgan fingerprint density at radius 1 is 1.11 bits per heavy atom. The van der Waals surface area contributed by atoms with E-state index in [1.165, 1.54) is 0 Å². The first-order chi connectivity index (χ1) is 12.9. The summed E-state index contributed by atoms with van der Waals surface area (Å²) >= 11 is 6.02. The van der Waals surface area contributed by atoms with E-state index in [1.807, 2.05) is 31.2 Å². The summed E-state index contributed by atoms with van der Waals surface area (Å²) in [6, 6.07) is 12.7. The van der Waals surface area contributed by atoms with E-state index in [1.54, 1.807) is 25.1 Å². The Hall–Kier alpha value is -2.41. The minimum absolute atomic E-state index is 0.101. The van der Waals surface area contributed by atoms with E-state index in [4.69, 9.17) is 21.4 Å². The molecular formula is C20H23ClN2O4. The van der Waals surface area contributed by atoms with Crippen molar-refractivity contribution in [2.24, 2.45) is 0 Å². The first kappa shape index (κ1) is 20.9. The van der Waals surface area contributed by atoms with Gasteiger partial charge >= 0.3 is 11.8 Å². The van der Waals surface area contributed by atoms with Crippen molar-refractivity contribution in [1.82, 2.24) is 5.32 Å². The molecule has 0 fully saturated rings. The lowest BCUT2D eigenvalue weighted by atomic mass is 10.1. The molecule has 3 N–H and O–H groups in total. The van der Waals surface area contributed by atoms with Crippen LogP contribution in [-0.2, 0) is 14.3 Å². The predicted molar refractivity (Wildman–Crippen MR) is 105 cm³/mol. The molecule has 0 aromatic heterocycles. The van der Waals surface area contributed by atoms with Gasteiger partial charge in [0.1, 0.15) is 0 Å². The summed E-state index contributed by atoms with van der Waals surface area (Å²) in [5.74, 6) is -1.57. The molecule has 0 saturated heterocycles. The summed E-state index contributed by atoms with van der Waals surface area (Å²) < 4.78 is 5.59. The number of carbonyl (C=O) groups excluding carboxylic acids is 2. The summed E-state index contributed by atoms with van der Waals surface area (Å²) in [4.78, 5) is 24.3. The van der Waals surface area contributed by atoms with Crippen molar-refractivity contribution in [3.63, 3.8) is 0 Å². The number of halogens is 1. The molecule has 0 saturated carbocycles. The lowest BCUT2D eigenvalue weighted by Crippen LogP contribution is -2.38. The number of aliphatic hydroxyl groups excluding tert-OH is 1. The van der Waals surface area contributed by atoms with E-state index in [9.17, 15) is 9.59 Å². The number of hydrogen-bond acceptors (Lipinski definition) is 4. The van der Waals surface area contributed by atoms with Crippen LogP contribution in [0.1, 0.15) is 22.8 Å². The topological polar surface area (TPSA) is 87.7 Å². The van der Waals surface area contributed by atoms with Gasteiger partial charge in [-0.1, -0.05) is 47.5 Å². The lowest BCUT2D eigenvalue weighted by molar-refractivity contribution is -0.136. The Morgan fingerprint density at radius 2 is 1.81 bits per heavy atom. The van der Waals surface area contributed by atoms with E-state index in [0.717, 1.165) is 11.1 Å². The number of hydrogen-bond donors (Lipinski definition) is 3. The minimum atomic E-state index is -0.787. The Morgan fingerprint density at radius 3 is 2.48 bits per heavy atom. The van der Waals surface area contributed by atoms with Crippen molar-refractivity contribution in [1.29, 1.82) is 0 Å². The highest BCUT2D eigenvalue weighted by Crippen LogP contribution is 2.23. The molecule has 7 heteroatoms. The molecule has 0 aliphatic carbocycles. The maximum Gasteiger partial charge on any atom is 0.313 e. The van der Waals surface area contributed by atoms with Gasteiger partial charge in [-0.3, -0.25) is 9.59 Å². The summed E-state index contributed by atoms with van der Waals surface area (Å²) in [6.07, 6.45) is -0.470. The van der Waals surface area contributed by atoms with Gasteiger partial charge in [0.2, 0.25) is 0 Å². The highest BCUT2D eigenvalue weighted by molar-refractivity contribution is 6.40. The number of rotatable bonds is 7. The molecule has 1 atom stereocenters. The molecule has 144 valence electrons. The van der Waals surface area contributed by atoms with Crippen molar-refractivity contribution in [3.8, 4) is 0 Å². The molecule has 0 bridgehead atoms. The van der Waals surface area contributed by atoms with Crippen LogP contribution in [0.25, 0.3) is 0 Å². The van der Waals surface area contributed by atoms with Crippen molar-refractivity contribution >= 4 is 29.1 Å². The number of aliphatic hydroxyl groups is 1. The van der Waals surface area contributed by atoms with Gasteiger partial charge in [-0.25, -0.2) is 0 Å². The van der Waals surface area contributed by atoms with Crippen molar-refractivity contribution in [3.05, 3.63) is 64.2 Å². The molecule has 2 amide bonds. The Kier molecular flexibility index (Phi) is 7.79. The highest BCUT2D eigenvalue weighted by atomic mass is 35.5. The van der Waals surface area contributed by atoms with Gasteiger partial charge in [0.15, 0.2) is 0 Å². The zero-order chi connectivity index (χ0) is 19.8. The van der Waals surface area contributed by atoms with Gasteiger partial charge in [-0.15, -0.1) is 0 Å². The van der Waals surface area contributed by atoms with Crippen molar-refractivity contribution in [2.45, 2.75) is 20.0 Å². The molecule has 0 radical (unpaired) electrons. The first-order valence-corrected chi connectivity index (χ1v) is 8.93. The van der Waals surface area contributed by atoms with Crippen molar-refractivity contribution in [2.75, 3.05) is 25.1 Å². The monoisotopic (exact) mass is 390 g/mol. The summed E-state index contributed by atoms with van der Waals surface area (Å²) in [5, 5.41) is 14.6. The Balaban J connectivity index is 1.98. The van der Waals surface area contributed by atoms with Gasteiger partial charge in [0, 0.05) is 17.3 Å². The van der Waals surface area contributed by atoms with Crippen LogP contribution in [0.4, 0.5) is 5.69 Å². The van der Waals surface area contributed by atoms with E-state index >= 15 is 0 Å². The summed E-state index contributed by atoms with van der Waals surface area (Å²) in [5.41, 5.74) is 3.11. The number of amides is 2. The van der Waals surface area contributed by atoms with Crippen molar-refractivity contribution < 1.29 is 19.4 Å². The third-order valence-electron chi connectivity index (χ3n) is 4.03. The third kappa shape index (κ3) is 6.06. The zero-order valence-electron chi connectivity index (χ0n) is 15.3. The normalized spacial score (nSPS) is 11.7. The lowest BCUT2D eigenvalue weighted by Gasteiger charge is -2.19. The molecule has 0 aliphatic heterocycles. The fourth-order valence-electron chi connectivity index (χ4n) is 2.44. The van der Waals surface area contributed by atoms with E-state index in [-0.39, 0.29) is 19.8 Å². The standard InChI is InChI=1S/C20H23ClN2O4/c1-13-6-8-15(9-7-13)18(27-11-10-24)12-22-19(25)20(26)23-17-5-3-4-16(21)14(17)2/h3-9,18,24H,10-12H2,1-2H3,(H,22,25)(H,23,26). The largest absolute Gasteiger partial charge is 0.394 e. The molecule has 1 unspecified atom stereocenters. The molecule has 2 rings (SSSR count). The molecule has 0 aliphatic rings. The zero-order valence-corrected chi connectivity index (χ0v) is 16.0. The Bertz CT molecular complexity index is 793. The smallest absolute Gasteiger partial charge is 0.313 e. The highest BCUT2D eigenvalue weighted by Gasteiger charge is 2.18. The molecule has 2 aromatic carbocycles. The number of ether oxygens (including phenoxy) is 1. The second kappa shape index (κ2) is 10.1. The third-order valence-corrected chi connectivity index (χ3v) is 4.44. The summed E-state index contributed by atoms with van der Waals surface area (Å²) in [7, 11) is 0. The van der Waals surface area contributed by atoms with Crippen LogP contribution >= 0.6 is 11.6 Å². The average Bonchev–Trinajstić information content (AvgIpc) is 2.66. The fraction of sp³-hybridized carbons (Fsp3) is 0.300. The molecule has 6 nitrogen and oxygen atoms in total. The van der Waals surface area contributed by atoms with Crippen LogP contribution in [0.2, 0.25) is 5.02 Å². The van der Waals surface area contributed by atoms with Gasteiger partial charge in [-0.05, 0) is 37.1 Å². The van der Waals surface area contributed by atoms with Crippen LogP contribution in [0.5, 0.6) is 0 Å². The van der Waals surface area contributed by atoms with Crippen LogP contribution in [-0.4, -0.2) is 36.7 Å². The first-order valence-electron chi connectivity index (χ1n) is 8.55. The fourth-order valence-corrected chi connectivity index (χ4v) is 2.61. The SMILES string of the molecule is Cc1ccc(C(CNC(=O)C(=O)Nc2cccc(Cl)c2C)OCCO)cc1. The molecular weight excluding hydrogens is 368 g/mol. The van der Waals surface area contributed by atoms with Crippen LogP contribution in [0.3, 0.4) is 0 Å². The van der Waals surface area contributed by atoms with E-state index in [2.05, 4.69) is 10.6 Å². The van der Waals surface area contributed by atoms with E-state index in [0.29, 0.717) is 16.3 Å². The second-order valence-corrected chi connectivity index (χ2v) is 6.48. The Labute approximate surface area is 163 Å². The maximum absolute atomic E-state index is 12.1. The number of benzene rings is 2. The number of anilines is 1. The molecule has 2 aromatic rings. The maximum atomic E-state index is 12.1. The second-order valence-electron chi connectivity index (χ2n) is 6.07. The van der Waals surface area contributed by atoms with Gasteiger partial charge < -0.3 is 20.5 Å². The number of aryl methyl sites for hydroxylation is 1. The van der Waals surface area contributed by atoms with Gasteiger partial charge in [-0.2, -0.15) is 0 Å². The van der Waals surface area contributed by atoms with Crippen LogP contribution < -0.4 is 10.6 Å². The van der Waals surface area contributed by atoms with Gasteiger partial charge in [0.25, 0.3) is 0 Å². The molecule has 27 heavy (non-hydrogen) atoms. The molecule has 0 heterocycles. The van der Waals surface area contributed by atoms with Crippen LogP contribution in [0.15, 0.2) is 42.5 Å². The predicted octanol–water partition coefficient (Wildman–Crippen LogP) is 2.76. The minimum Gasteiger partial charge on any atom is -0.394 e.